The summed E-state index contributed by atoms with van der Waals surface area (Å²) in [6, 6.07) is 68.6. The van der Waals surface area contributed by atoms with Gasteiger partial charge in [0.25, 0.3) is 0 Å². The monoisotopic (exact) mass is 779 g/mol. The van der Waals surface area contributed by atoms with E-state index in [1.807, 2.05) is 179 Å². The number of aromatic nitrogens is 3. The van der Waals surface area contributed by atoms with Gasteiger partial charge in [0.05, 0.1) is 22.2 Å². The number of nitrogens with zero attached hydrogens (tertiary/aromatic N) is 5. The Morgan fingerprint density at radius 3 is 1.53 bits per heavy atom. The SMILES string of the molecule is O=P1(c2ccccc2)N(c2ccccc2)c2ccc(-c3ccc4oc5c(-c6nc(-c7ccccc7)nc(-c7ccccc7)n6)cccc5c4c3)cc2N1c1ccccc1. The van der Waals surface area contributed by atoms with Gasteiger partial charge in [0.2, 0.25) is 0 Å². The molecule has 8 heteroatoms. The van der Waals surface area contributed by atoms with Crippen LogP contribution < -0.4 is 14.6 Å². The predicted molar refractivity (Wildman–Crippen MR) is 240 cm³/mol. The molecule has 59 heavy (non-hydrogen) atoms. The van der Waals surface area contributed by atoms with Gasteiger partial charge >= 0.3 is 7.44 Å². The van der Waals surface area contributed by atoms with Crippen LogP contribution in [0.1, 0.15) is 0 Å². The lowest BCUT2D eigenvalue weighted by molar-refractivity contribution is 0.582. The molecule has 1 aliphatic heterocycles. The highest BCUT2D eigenvalue weighted by Gasteiger charge is 2.49. The molecule has 1 atom stereocenters. The van der Waals surface area contributed by atoms with Gasteiger partial charge in [0.1, 0.15) is 11.2 Å². The van der Waals surface area contributed by atoms with Gasteiger partial charge in [-0.25, -0.2) is 15.0 Å². The third-order valence-electron chi connectivity index (χ3n) is 10.8. The summed E-state index contributed by atoms with van der Waals surface area (Å²) in [5.41, 5.74) is 9.50. The number of para-hydroxylation sites is 3. The topological polar surface area (TPSA) is 75.4 Å². The van der Waals surface area contributed by atoms with Gasteiger partial charge in [-0.05, 0) is 77.9 Å². The van der Waals surface area contributed by atoms with Gasteiger partial charge in [0.15, 0.2) is 17.5 Å². The Morgan fingerprint density at radius 2 is 0.915 bits per heavy atom. The quantitative estimate of drug-likeness (QED) is 0.149. The lowest BCUT2D eigenvalue weighted by atomic mass is 10.0. The fraction of sp³-hybridized carbons (Fsp3) is 0. The van der Waals surface area contributed by atoms with Crippen molar-refractivity contribution in [2.45, 2.75) is 0 Å². The van der Waals surface area contributed by atoms with Gasteiger partial charge in [-0.15, -0.1) is 0 Å². The molecule has 0 radical (unpaired) electrons. The second-order valence-electron chi connectivity index (χ2n) is 14.4. The standard InChI is InChI=1S/C51H34N5O2P/c57-59(41-25-14-5-15-26-41)55(39-21-10-3-11-22-39)45-31-29-38(34-46(45)56(59)40-23-12-4-13-24-40)37-30-32-47-44(33-37)42-27-16-28-43(48(42)58-47)51-53-49(35-17-6-1-7-18-35)52-50(54-51)36-19-8-2-9-20-36/h1-34H. The molecular weight excluding hydrogens is 746 g/mol. The molecule has 1 unspecified atom stereocenters. The van der Waals surface area contributed by atoms with Crippen LogP contribution in [-0.4, -0.2) is 15.0 Å². The molecule has 11 rings (SSSR count). The van der Waals surface area contributed by atoms with Crippen molar-refractivity contribution < 1.29 is 8.98 Å². The third kappa shape index (κ3) is 5.82. The molecule has 3 heterocycles. The van der Waals surface area contributed by atoms with Crippen LogP contribution in [0.15, 0.2) is 211 Å². The van der Waals surface area contributed by atoms with Crippen molar-refractivity contribution in [1.82, 2.24) is 15.0 Å². The fourth-order valence-corrected chi connectivity index (χ4v) is 11.1. The summed E-state index contributed by atoms with van der Waals surface area (Å²) in [6.07, 6.45) is 0. The fourth-order valence-electron chi connectivity index (χ4n) is 8.10. The molecule has 0 bridgehead atoms. The number of hydrogen-bond acceptors (Lipinski definition) is 5. The molecule has 0 fully saturated rings. The molecule has 0 aliphatic carbocycles. The highest BCUT2D eigenvalue weighted by molar-refractivity contribution is 7.76. The van der Waals surface area contributed by atoms with E-state index in [1.54, 1.807) is 0 Å². The molecule has 7 nitrogen and oxygen atoms in total. The van der Waals surface area contributed by atoms with E-state index in [1.165, 1.54) is 0 Å². The number of rotatable bonds is 7. The Balaban J connectivity index is 1.06. The molecule has 8 aromatic carbocycles. The van der Waals surface area contributed by atoms with Gasteiger partial charge in [-0.3, -0.25) is 13.9 Å². The van der Waals surface area contributed by atoms with E-state index in [4.69, 9.17) is 19.4 Å². The second kappa shape index (κ2) is 14.1. The first-order chi connectivity index (χ1) is 29.1. The summed E-state index contributed by atoms with van der Waals surface area (Å²) < 4.78 is 26.8. The zero-order chi connectivity index (χ0) is 39.3. The van der Waals surface area contributed by atoms with Crippen molar-refractivity contribution >= 4 is 57.4 Å². The van der Waals surface area contributed by atoms with Gasteiger partial charge in [-0.2, -0.15) is 0 Å². The average molecular weight is 780 g/mol. The van der Waals surface area contributed by atoms with Crippen molar-refractivity contribution in [3.8, 4) is 45.3 Å². The Bertz CT molecular complexity index is 3140. The number of hydrogen-bond donors (Lipinski definition) is 0. The highest BCUT2D eigenvalue weighted by Crippen LogP contribution is 2.70. The van der Waals surface area contributed by atoms with E-state index in [0.29, 0.717) is 23.1 Å². The predicted octanol–water partition coefficient (Wildman–Crippen LogP) is 13.2. The summed E-state index contributed by atoms with van der Waals surface area (Å²) in [5, 5.41) is 2.68. The number of anilines is 4. The van der Waals surface area contributed by atoms with Crippen LogP contribution in [0.2, 0.25) is 0 Å². The number of furan rings is 1. The molecule has 1 aliphatic rings. The minimum Gasteiger partial charge on any atom is -0.455 e. The van der Waals surface area contributed by atoms with E-state index in [9.17, 15) is 0 Å². The van der Waals surface area contributed by atoms with Gasteiger partial charge in [-0.1, -0.05) is 140 Å². The Hall–Kier alpha value is -7.60. The van der Waals surface area contributed by atoms with Crippen molar-refractivity contribution in [2.75, 3.05) is 9.34 Å². The zero-order valence-electron chi connectivity index (χ0n) is 31.6. The van der Waals surface area contributed by atoms with E-state index < -0.39 is 7.44 Å². The normalized spacial score (nSPS) is 14.8. The molecule has 10 aromatic rings. The maximum Gasteiger partial charge on any atom is 0.301 e. The Morgan fingerprint density at radius 1 is 0.407 bits per heavy atom. The first kappa shape index (κ1) is 34.6. The van der Waals surface area contributed by atoms with Crippen LogP contribution in [0.4, 0.5) is 22.7 Å². The minimum absolute atomic E-state index is 0.535. The molecule has 0 saturated heterocycles. The lowest BCUT2D eigenvalue weighted by Crippen LogP contribution is -2.26. The molecule has 0 spiro atoms. The summed E-state index contributed by atoms with van der Waals surface area (Å²) in [7, 11) is -3.49. The molecule has 280 valence electrons. The Kier molecular flexibility index (Phi) is 8.28. The van der Waals surface area contributed by atoms with Crippen molar-refractivity contribution in [1.29, 1.82) is 0 Å². The van der Waals surface area contributed by atoms with Crippen LogP contribution in [0, 0.1) is 0 Å². The van der Waals surface area contributed by atoms with Gasteiger partial charge < -0.3 is 4.42 Å². The van der Waals surface area contributed by atoms with Crippen molar-refractivity contribution in [2.24, 2.45) is 0 Å². The van der Waals surface area contributed by atoms with E-state index in [-0.39, 0.29) is 0 Å². The maximum atomic E-state index is 16.0. The largest absolute Gasteiger partial charge is 0.455 e. The molecule has 0 saturated carbocycles. The van der Waals surface area contributed by atoms with Gasteiger partial charge in [0, 0.05) is 33.3 Å². The van der Waals surface area contributed by atoms with Crippen molar-refractivity contribution in [3.05, 3.63) is 206 Å². The summed E-state index contributed by atoms with van der Waals surface area (Å²) in [4.78, 5) is 14.9. The van der Waals surface area contributed by atoms with Crippen LogP contribution in [0.3, 0.4) is 0 Å². The molecule has 0 amide bonds. The lowest BCUT2D eigenvalue weighted by Gasteiger charge is -2.33. The maximum absolute atomic E-state index is 16.0. The van der Waals surface area contributed by atoms with Crippen LogP contribution in [0.5, 0.6) is 0 Å². The average Bonchev–Trinajstić information content (AvgIpc) is 3.82. The minimum atomic E-state index is -3.49. The number of benzene rings is 8. The van der Waals surface area contributed by atoms with E-state index >= 15 is 4.57 Å². The molecular formula is C51H34N5O2P. The molecule has 2 aromatic heterocycles. The van der Waals surface area contributed by atoms with Crippen LogP contribution in [0.25, 0.3) is 67.2 Å². The molecule has 0 N–H and O–H groups in total. The van der Waals surface area contributed by atoms with Crippen LogP contribution >= 0.6 is 7.44 Å². The van der Waals surface area contributed by atoms with Crippen LogP contribution in [-0.2, 0) is 4.57 Å². The summed E-state index contributed by atoms with van der Waals surface area (Å²) >= 11 is 0. The zero-order valence-corrected chi connectivity index (χ0v) is 32.5. The first-order valence-corrected chi connectivity index (χ1v) is 21.1. The first-order valence-electron chi connectivity index (χ1n) is 19.5. The third-order valence-corrected chi connectivity index (χ3v) is 13.8. The Labute approximate surface area is 341 Å². The smallest absolute Gasteiger partial charge is 0.301 e. The number of fused-ring (bicyclic) bond motifs is 4. The highest BCUT2D eigenvalue weighted by atomic mass is 31.2. The van der Waals surface area contributed by atoms with Crippen molar-refractivity contribution in [3.63, 3.8) is 0 Å². The second-order valence-corrected chi connectivity index (χ2v) is 16.8. The summed E-state index contributed by atoms with van der Waals surface area (Å²) in [5.74, 6) is 1.72. The summed E-state index contributed by atoms with van der Waals surface area (Å²) in [6.45, 7) is 0. The van der Waals surface area contributed by atoms with E-state index in [0.717, 1.165) is 72.2 Å². The van der Waals surface area contributed by atoms with E-state index in [2.05, 4.69) is 36.4 Å².